The second kappa shape index (κ2) is 27.3. The van der Waals surface area contributed by atoms with Crippen LogP contribution < -0.4 is 45.1 Å². The lowest BCUT2D eigenvalue weighted by Gasteiger charge is -2.31. The molecule has 8 rings (SSSR count). The van der Waals surface area contributed by atoms with Crippen LogP contribution in [0.1, 0.15) is 79.2 Å². The third-order valence-electron chi connectivity index (χ3n) is 14.5. The van der Waals surface area contributed by atoms with E-state index in [1.807, 2.05) is 0 Å². The van der Waals surface area contributed by atoms with Crippen LogP contribution in [0.5, 0.6) is 23.0 Å². The van der Waals surface area contributed by atoms with Crippen molar-refractivity contribution >= 4 is 76.6 Å². The van der Waals surface area contributed by atoms with E-state index in [1.165, 1.54) is 38.2 Å². The molecule has 0 radical (unpaired) electrons. The summed E-state index contributed by atoms with van der Waals surface area (Å²) in [6.45, 7) is 13.8. The minimum atomic E-state index is -1.56. The van der Waals surface area contributed by atoms with Gasteiger partial charge >= 0.3 is 6.09 Å². The number of anilines is 2. The van der Waals surface area contributed by atoms with Crippen molar-refractivity contribution in [2.45, 2.75) is 89.9 Å². The quantitative estimate of drug-likeness (QED) is 0.0459. The van der Waals surface area contributed by atoms with Gasteiger partial charge in [-0.05, 0) is 55.5 Å². The van der Waals surface area contributed by atoms with E-state index in [1.54, 1.807) is 61.4 Å². The maximum atomic E-state index is 14.2. The van der Waals surface area contributed by atoms with E-state index in [4.69, 9.17) is 28.4 Å². The predicted molar refractivity (Wildman–Crippen MR) is 304 cm³/mol. The van der Waals surface area contributed by atoms with E-state index < -0.39 is 65.9 Å². The topological polar surface area (TPSA) is 303 Å². The summed E-state index contributed by atoms with van der Waals surface area (Å²) >= 11 is 0. The third kappa shape index (κ3) is 14.4. The van der Waals surface area contributed by atoms with Crippen molar-refractivity contribution in [3.63, 3.8) is 0 Å². The zero-order valence-electron chi connectivity index (χ0n) is 47.4. The van der Waals surface area contributed by atoms with Gasteiger partial charge in [-0.1, -0.05) is 50.3 Å². The van der Waals surface area contributed by atoms with Gasteiger partial charge in [-0.3, -0.25) is 48.2 Å². The number of aliphatic hydroxyl groups excluding tert-OH is 1. The summed E-state index contributed by atoms with van der Waals surface area (Å²) < 4.78 is 34.8. The van der Waals surface area contributed by atoms with Gasteiger partial charge in [0.2, 0.25) is 23.6 Å². The first kappa shape index (κ1) is 61.0. The van der Waals surface area contributed by atoms with Crippen molar-refractivity contribution < 1.29 is 76.7 Å². The number of nitrogens with zero attached hydrogens (tertiary/aromatic N) is 5. The molecular weight excluding hydrogens is 1090 g/mol. The lowest BCUT2D eigenvalue weighted by molar-refractivity contribution is -0.137. The number of fused-ring (bicyclic) bond motifs is 4. The predicted octanol–water partition coefficient (Wildman–Crippen LogP) is 3.71. The number of hydrogen-bond acceptors (Lipinski definition) is 17. The summed E-state index contributed by atoms with van der Waals surface area (Å²) in [5.41, 5.74) is 3.43. The number of aliphatic hydroxyl groups is 1. The van der Waals surface area contributed by atoms with E-state index in [9.17, 15) is 48.3 Å². The van der Waals surface area contributed by atoms with E-state index in [-0.39, 0.29) is 118 Å². The number of nitrogens with one attached hydrogen (secondary N) is 4. The highest BCUT2D eigenvalue weighted by molar-refractivity contribution is 6.13. The fourth-order valence-corrected chi connectivity index (χ4v) is 9.99. The Labute approximate surface area is 484 Å². The number of carbonyl (C=O) groups is 9. The molecule has 0 spiro atoms. The van der Waals surface area contributed by atoms with Crippen molar-refractivity contribution in [1.82, 2.24) is 30.7 Å². The van der Waals surface area contributed by atoms with Crippen LogP contribution in [0.15, 0.2) is 90.0 Å². The minimum Gasteiger partial charge on any atom is -0.493 e. The smallest absolute Gasteiger partial charge is 0.416 e. The molecule has 5 atom stereocenters. The van der Waals surface area contributed by atoms with E-state index in [0.29, 0.717) is 59.0 Å². The van der Waals surface area contributed by atoms with Crippen molar-refractivity contribution in [3.05, 3.63) is 102 Å². The number of aliphatic imine (C=N–C) groups is 1. The molecule has 0 bridgehead atoms. The Bertz CT molecular complexity index is 3140. The molecule has 25 heteroatoms. The standard InChI is InChI=1S/C59H69N9O16/c1-33(2)53(64-50(70)16-21-81-22-17-60-49(69)15-18-65-51(71)13-14-52(65)72)55(74)62-36(5)54(73)63-38-11-9-37(10-12-38)32-84-59(78)68-43-28-48(46(80-7)26-41(43)57(76)67-31-35(4)24-44(67)58(68)77)83-20-8-19-82-47-27-42-40(25-45(47)79-6)56(75)66-30-34(3)23-39(66)29-61-42/h9-14,25-29,33,36,39,44,53,58,77H,3-4,8,15-24,30-32H2,1-2,5-7H3,(H,60,69)(H,62,74)(H,63,73)(H,64,70)/t36-,39-,44-,53-,58-/m0/s1. The normalized spacial score (nSPS) is 18.5. The average molecular weight is 1160 g/mol. The molecular formula is C59H69N9O16. The Balaban J connectivity index is 0.817. The first-order valence-corrected chi connectivity index (χ1v) is 27.5. The molecule has 5 N–H and O–H groups in total. The highest BCUT2D eigenvalue weighted by Gasteiger charge is 2.46. The van der Waals surface area contributed by atoms with Gasteiger partial charge in [0.15, 0.2) is 29.2 Å². The van der Waals surface area contributed by atoms with E-state index in [0.717, 1.165) is 27.5 Å². The molecule has 5 aliphatic rings. The Kier molecular flexibility index (Phi) is 19.8. The maximum Gasteiger partial charge on any atom is 0.416 e. The van der Waals surface area contributed by atoms with Crippen molar-refractivity contribution in [3.8, 4) is 23.0 Å². The van der Waals surface area contributed by atoms with Crippen LogP contribution in [0.2, 0.25) is 0 Å². The van der Waals surface area contributed by atoms with Crippen LogP contribution in [0.4, 0.5) is 21.9 Å². The SMILES string of the molecule is C=C1C[C@H]2C=Nc3cc(OCCCOc4cc5c(cc4OC)C(=O)N4CC(=C)C[C@H]4[C@H](O)N5C(=O)OCc4ccc(NC(=O)[C@H](C)NC(=O)[C@@H](NC(=O)CCOCCNC(=O)CCN5C(=O)C=CC5=O)C(C)C)cc4)c(OC)cc3C(=O)N2C1. The molecule has 2 saturated heterocycles. The summed E-state index contributed by atoms with van der Waals surface area (Å²) in [6, 6.07) is 9.51. The van der Waals surface area contributed by atoms with Crippen LogP contribution in [-0.4, -0.2) is 177 Å². The number of ether oxygens (including phenoxy) is 6. The highest BCUT2D eigenvalue weighted by atomic mass is 16.6. The maximum absolute atomic E-state index is 14.2. The van der Waals surface area contributed by atoms with Crippen LogP contribution in [-0.2, 0) is 44.8 Å². The molecule has 446 valence electrons. The lowest BCUT2D eigenvalue weighted by atomic mass is 10.0. The molecule has 5 heterocycles. The Morgan fingerprint density at radius 2 is 1.38 bits per heavy atom. The lowest BCUT2D eigenvalue weighted by Crippen LogP contribution is -2.53. The summed E-state index contributed by atoms with van der Waals surface area (Å²) in [5, 5.41) is 22.6. The number of amides is 9. The molecule has 0 saturated carbocycles. The van der Waals surface area contributed by atoms with Crippen LogP contribution in [0, 0.1) is 5.92 Å². The second-order valence-electron chi connectivity index (χ2n) is 20.9. The second-order valence-corrected chi connectivity index (χ2v) is 20.9. The molecule has 9 amide bonds. The fraction of sp³-hybridized carbons (Fsp3) is 0.424. The molecule has 5 aliphatic heterocycles. The molecule has 84 heavy (non-hydrogen) atoms. The Hall–Kier alpha value is -9.10. The van der Waals surface area contributed by atoms with Gasteiger partial charge in [0, 0.05) is 81.6 Å². The summed E-state index contributed by atoms with van der Waals surface area (Å²) in [4.78, 5) is 126. The summed E-state index contributed by atoms with van der Waals surface area (Å²) in [5.74, 6) is -2.84. The number of benzene rings is 3. The Morgan fingerprint density at radius 3 is 2.06 bits per heavy atom. The van der Waals surface area contributed by atoms with Crippen molar-refractivity contribution in [2.24, 2.45) is 10.9 Å². The van der Waals surface area contributed by atoms with Gasteiger partial charge in [-0.25, -0.2) is 9.69 Å². The number of methoxy groups -OCH3 is 2. The van der Waals surface area contributed by atoms with Gasteiger partial charge in [0.25, 0.3) is 23.6 Å². The Morgan fingerprint density at radius 1 is 0.738 bits per heavy atom. The number of imide groups is 1. The average Bonchev–Trinajstić information content (AvgIpc) is 3.36. The fourth-order valence-electron chi connectivity index (χ4n) is 9.99. The van der Waals surface area contributed by atoms with Gasteiger partial charge in [-0.2, -0.15) is 0 Å². The molecule has 2 fully saturated rings. The summed E-state index contributed by atoms with van der Waals surface area (Å²) in [6.07, 6.45) is 2.55. The summed E-state index contributed by atoms with van der Waals surface area (Å²) in [7, 11) is 2.89. The molecule has 3 aromatic rings. The van der Waals surface area contributed by atoms with Crippen LogP contribution in [0.3, 0.4) is 0 Å². The van der Waals surface area contributed by atoms with Crippen LogP contribution in [0.25, 0.3) is 0 Å². The van der Waals surface area contributed by atoms with Gasteiger partial charge in [-0.15, -0.1) is 0 Å². The monoisotopic (exact) mass is 1160 g/mol. The van der Waals surface area contributed by atoms with Crippen molar-refractivity contribution in [1.29, 1.82) is 0 Å². The molecule has 25 nitrogen and oxygen atoms in total. The molecule has 0 unspecified atom stereocenters. The number of rotatable bonds is 25. The van der Waals surface area contributed by atoms with Gasteiger partial charge < -0.3 is 64.6 Å². The van der Waals surface area contributed by atoms with Crippen LogP contribution >= 0.6 is 0 Å². The minimum absolute atomic E-state index is 0.00591. The first-order valence-electron chi connectivity index (χ1n) is 27.5. The largest absolute Gasteiger partial charge is 0.493 e. The van der Waals surface area contributed by atoms with E-state index >= 15 is 0 Å². The number of hydrogen-bond donors (Lipinski definition) is 5. The molecule has 0 aliphatic carbocycles. The van der Waals surface area contributed by atoms with E-state index in [2.05, 4.69) is 39.4 Å². The van der Waals surface area contributed by atoms with Gasteiger partial charge in [0.1, 0.15) is 18.7 Å². The van der Waals surface area contributed by atoms with Crippen molar-refractivity contribution in [2.75, 3.05) is 77.0 Å². The zero-order chi connectivity index (χ0) is 60.4. The third-order valence-corrected chi connectivity index (χ3v) is 14.5. The molecule has 3 aromatic carbocycles. The first-order chi connectivity index (χ1) is 40.2. The highest BCUT2D eigenvalue weighted by Crippen LogP contribution is 2.43. The zero-order valence-corrected chi connectivity index (χ0v) is 47.4. The van der Waals surface area contributed by atoms with Gasteiger partial charge in [0.05, 0.1) is 75.2 Å². The number of carbonyl (C=O) groups excluding carboxylic acids is 9. The molecule has 0 aromatic heterocycles.